The number of aliphatic hydroxyl groups excluding tert-OH is 1. The lowest BCUT2D eigenvalue weighted by atomic mass is 9.51. The first-order valence-electron chi connectivity index (χ1n) is 9.96. The molecule has 0 aromatic rings. The first-order valence-corrected chi connectivity index (χ1v) is 9.96. The van der Waals surface area contributed by atoms with E-state index in [4.69, 9.17) is 0 Å². The minimum absolute atomic E-state index is 0.0124. The van der Waals surface area contributed by atoms with E-state index in [2.05, 4.69) is 13.8 Å². The number of hydrogen-bond donors (Lipinski definition) is 1. The van der Waals surface area contributed by atoms with Gasteiger partial charge in [-0.3, -0.25) is 9.59 Å². The van der Waals surface area contributed by atoms with Crippen molar-refractivity contribution in [3.63, 3.8) is 0 Å². The number of fused-ring (bicyclic) bond motifs is 4. The molecule has 3 heteroatoms. The van der Waals surface area contributed by atoms with E-state index in [0.717, 1.165) is 44.9 Å². The van der Waals surface area contributed by atoms with Gasteiger partial charge in [0.2, 0.25) is 0 Å². The lowest BCUT2D eigenvalue weighted by molar-refractivity contribution is -0.144. The maximum absolute atomic E-state index is 12.8. The number of ketones is 2. The van der Waals surface area contributed by atoms with Gasteiger partial charge in [-0.15, -0.1) is 0 Å². The average molecular weight is 342 g/mol. The van der Waals surface area contributed by atoms with Crippen molar-refractivity contribution in [1.29, 1.82) is 0 Å². The Morgan fingerprint density at radius 1 is 1.16 bits per heavy atom. The van der Waals surface area contributed by atoms with Crippen molar-refractivity contribution >= 4 is 11.6 Å². The van der Waals surface area contributed by atoms with Crippen molar-refractivity contribution in [2.24, 2.45) is 22.7 Å². The molecule has 4 aliphatic carbocycles. The minimum atomic E-state index is -0.870. The van der Waals surface area contributed by atoms with Crippen LogP contribution in [0.5, 0.6) is 0 Å². The number of Topliss-reactive ketones (excluding diaryl/α,β-unsaturated/α-hetero) is 1. The highest BCUT2D eigenvalue weighted by atomic mass is 16.3. The van der Waals surface area contributed by atoms with Crippen LogP contribution >= 0.6 is 0 Å². The normalized spacial score (nSPS) is 41.6. The van der Waals surface area contributed by atoms with Crippen molar-refractivity contribution in [3.05, 3.63) is 22.8 Å². The summed E-state index contributed by atoms with van der Waals surface area (Å²) >= 11 is 0. The molecule has 4 aliphatic rings. The molecular weight excluding hydrogens is 312 g/mol. The van der Waals surface area contributed by atoms with Crippen LogP contribution in [0.15, 0.2) is 22.8 Å². The van der Waals surface area contributed by atoms with Gasteiger partial charge in [0.25, 0.3) is 0 Å². The Bertz CT molecular complexity index is 698. The summed E-state index contributed by atoms with van der Waals surface area (Å²) in [6.07, 6.45) is 8.82. The zero-order valence-electron chi connectivity index (χ0n) is 15.7. The van der Waals surface area contributed by atoms with Gasteiger partial charge >= 0.3 is 0 Å². The minimum Gasteiger partial charge on any atom is -0.386 e. The summed E-state index contributed by atoms with van der Waals surface area (Å²) < 4.78 is 0. The van der Waals surface area contributed by atoms with E-state index in [0.29, 0.717) is 18.3 Å². The molecule has 0 bridgehead atoms. The van der Waals surface area contributed by atoms with Gasteiger partial charge in [0.1, 0.15) is 6.10 Å². The summed E-state index contributed by atoms with van der Waals surface area (Å²) in [4.78, 5) is 24.6. The summed E-state index contributed by atoms with van der Waals surface area (Å²) in [5, 5.41) is 9.96. The Hall–Kier alpha value is -1.22. The standard InChI is InChI=1S/C22H30O3/c1-13(23)20(25)22(3)11-9-19-18-6-4-14-12-15(24)5-7-16(14)17(18)8-10-21(19,22)2/h12-13,18-19,23H,4-11H2,1-3H3/t13-,18+,19-,21?,22+/m0/s1. The second kappa shape index (κ2) is 5.64. The summed E-state index contributed by atoms with van der Waals surface area (Å²) in [6, 6.07) is 0. The Morgan fingerprint density at radius 2 is 1.92 bits per heavy atom. The number of carbonyl (C=O) groups is 2. The Balaban J connectivity index is 1.72. The van der Waals surface area contributed by atoms with Crippen LogP contribution in [-0.4, -0.2) is 22.8 Å². The molecule has 0 aromatic heterocycles. The highest BCUT2D eigenvalue weighted by molar-refractivity contribution is 5.93. The molecule has 2 fully saturated rings. The topological polar surface area (TPSA) is 54.4 Å². The lowest BCUT2D eigenvalue weighted by Crippen LogP contribution is -2.50. The van der Waals surface area contributed by atoms with Crippen molar-refractivity contribution in [2.75, 3.05) is 0 Å². The monoisotopic (exact) mass is 342 g/mol. The Kier molecular flexibility index (Phi) is 3.88. The van der Waals surface area contributed by atoms with Gasteiger partial charge in [-0.05, 0) is 86.3 Å². The van der Waals surface area contributed by atoms with E-state index in [1.807, 2.05) is 6.08 Å². The van der Waals surface area contributed by atoms with Gasteiger partial charge in [0.05, 0.1) is 0 Å². The van der Waals surface area contributed by atoms with Crippen LogP contribution in [0.1, 0.15) is 72.1 Å². The predicted molar refractivity (Wildman–Crippen MR) is 96.9 cm³/mol. The van der Waals surface area contributed by atoms with Gasteiger partial charge < -0.3 is 5.11 Å². The molecule has 5 atom stereocenters. The van der Waals surface area contributed by atoms with Crippen molar-refractivity contribution < 1.29 is 14.7 Å². The van der Waals surface area contributed by atoms with Crippen LogP contribution in [0.2, 0.25) is 0 Å². The summed E-state index contributed by atoms with van der Waals surface area (Å²) in [6.45, 7) is 6.03. The second-order valence-electron chi connectivity index (χ2n) is 9.22. The first kappa shape index (κ1) is 17.2. The number of carbonyl (C=O) groups excluding carboxylic acids is 2. The zero-order chi connectivity index (χ0) is 18.0. The van der Waals surface area contributed by atoms with E-state index in [1.165, 1.54) is 11.1 Å². The van der Waals surface area contributed by atoms with Gasteiger partial charge in [0, 0.05) is 11.8 Å². The van der Waals surface area contributed by atoms with Crippen molar-refractivity contribution in [1.82, 2.24) is 0 Å². The van der Waals surface area contributed by atoms with Gasteiger partial charge in [-0.25, -0.2) is 0 Å². The third-order valence-corrected chi connectivity index (χ3v) is 8.26. The quantitative estimate of drug-likeness (QED) is 0.820. The predicted octanol–water partition coefficient (Wildman–Crippen LogP) is 4.15. The molecule has 25 heavy (non-hydrogen) atoms. The average Bonchev–Trinajstić information content (AvgIpc) is 2.86. The summed E-state index contributed by atoms with van der Waals surface area (Å²) in [5.41, 5.74) is 3.96. The number of hydrogen-bond acceptors (Lipinski definition) is 3. The molecule has 0 heterocycles. The fourth-order valence-corrected chi connectivity index (χ4v) is 6.67. The molecule has 1 N–H and O–H groups in total. The maximum atomic E-state index is 12.8. The summed E-state index contributed by atoms with van der Waals surface area (Å²) in [5.74, 6) is 1.43. The molecule has 2 saturated carbocycles. The van der Waals surface area contributed by atoms with Crippen LogP contribution in [-0.2, 0) is 9.59 Å². The van der Waals surface area contributed by atoms with Crippen LogP contribution < -0.4 is 0 Å². The molecule has 0 spiro atoms. The molecule has 1 unspecified atom stereocenters. The largest absolute Gasteiger partial charge is 0.386 e. The highest BCUT2D eigenvalue weighted by Gasteiger charge is 2.62. The van der Waals surface area contributed by atoms with Crippen molar-refractivity contribution in [2.45, 2.75) is 78.2 Å². The van der Waals surface area contributed by atoms with Crippen LogP contribution in [0.25, 0.3) is 0 Å². The fraction of sp³-hybridized carbons (Fsp3) is 0.727. The second-order valence-corrected chi connectivity index (χ2v) is 9.22. The Labute approximate surface area is 150 Å². The van der Waals surface area contributed by atoms with Crippen LogP contribution in [0.3, 0.4) is 0 Å². The van der Waals surface area contributed by atoms with Crippen LogP contribution in [0, 0.1) is 22.7 Å². The Morgan fingerprint density at radius 3 is 2.64 bits per heavy atom. The number of rotatable bonds is 2. The molecule has 0 radical (unpaired) electrons. The van der Waals surface area contributed by atoms with E-state index >= 15 is 0 Å². The van der Waals surface area contributed by atoms with E-state index in [9.17, 15) is 14.7 Å². The van der Waals surface area contributed by atoms with E-state index < -0.39 is 11.5 Å². The first-order chi connectivity index (χ1) is 11.8. The molecule has 136 valence electrons. The maximum Gasteiger partial charge on any atom is 0.167 e. The SMILES string of the molecule is C[C@H](O)C(=O)[C@@]1(C)CC[C@H]2[C@@H]3CCC4=CC(=O)CCC4=C3CCC21C. The number of allylic oxidation sites excluding steroid dienone is 4. The zero-order valence-corrected chi connectivity index (χ0v) is 15.7. The summed E-state index contributed by atoms with van der Waals surface area (Å²) in [7, 11) is 0. The molecule has 0 amide bonds. The third kappa shape index (κ3) is 2.27. The van der Waals surface area contributed by atoms with Gasteiger partial charge in [-0.2, -0.15) is 0 Å². The lowest BCUT2D eigenvalue weighted by Gasteiger charge is -2.52. The number of aliphatic hydroxyl groups is 1. The molecule has 4 rings (SSSR count). The molecule has 0 saturated heterocycles. The van der Waals surface area contributed by atoms with Crippen molar-refractivity contribution in [3.8, 4) is 0 Å². The smallest absolute Gasteiger partial charge is 0.167 e. The molecular formula is C22H30O3. The van der Waals surface area contributed by atoms with Gasteiger partial charge in [0.15, 0.2) is 11.6 Å². The molecule has 0 aliphatic heterocycles. The molecule has 0 aromatic carbocycles. The molecule has 3 nitrogen and oxygen atoms in total. The van der Waals surface area contributed by atoms with E-state index in [-0.39, 0.29) is 17.0 Å². The van der Waals surface area contributed by atoms with E-state index in [1.54, 1.807) is 12.5 Å². The van der Waals surface area contributed by atoms with Crippen LogP contribution in [0.4, 0.5) is 0 Å². The van der Waals surface area contributed by atoms with Gasteiger partial charge in [-0.1, -0.05) is 19.4 Å². The highest BCUT2D eigenvalue weighted by Crippen LogP contribution is 2.67. The fourth-order valence-electron chi connectivity index (χ4n) is 6.67. The third-order valence-electron chi connectivity index (χ3n) is 8.26.